The molecule has 0 radical (unpaired) electrons. The normalized spacial score (nSPS) is 18.9. The molecule has 1 aliphatic rings. The van der Waals surface area contributed by atoms with Crippen molar-refractivity contribution in [1.29, 1.82) is 0 Å². The molecule has 2 N–H and O–H groups in total. The third-order valence-electron chi connectivity index (χ3n) is 6.18. The van der Waals surface area contributed by atoms with Crippen LogP contribution in [0.5, 0.6) is 0 Å². The number of imidazole rings is 1. The van der Waals surface area contributed by atoms with Crippen LogP contribution in [-0.4, -0.2) is 35.8 Å². The topological polar surface area (TPSA) is 111 Å². The predicted octanol–water partition coefficient (Wildman–Crippen LogP) is 1.85. The van der Waals surface area contributed by atoms with E-state index >= 15 is 0 Å². The molecule has 0 saturated heterocycles. The quantitative estimate of drug-likeness (QED) is 0.645. The van der Waals surface area contributed by atoms with E-state index in [0.717, 1.165) is 24.0 Å². The fourth-order valence-electron chi connectivity index (χ4n) is 4.32. The summed E-state index contributed by atoms with van der Waals surface area (Å²) in [6.45, 7) is 2.16. The van der Waals surface area contributed by atoms with Gasteiger partial charge in [-0.25, -0.2) is 4.79 Å². The summed E-state index contributed by atoms with van der Waals surface area (Å²) >= 11 is 0. The van der Waals surface area contributed by atoms with Crippen LogP contribution in [0.25, 0.3) is 11.2 Å². The number of nitrogens with zero attached hydrogens (tertiary/aromatic N) is 4. The van der Waals surface area contributed by atoms with E-state index in [1.165, 1.54) is 9.13 Å². The van der Waals surface area contributed by atoms with Gasteiger partial charge in [0.15, 0.2) is 11.2 Å². The number of carboxylic acid groups (broad SMARTS) is 1. The van der Waals surface area contributed by atoms with Gasteiger partial charge >= 0.3 is 11.7 Å². The van der Waals surface area contributed by atoms with E-state index in [-0.39, 0.29) is 18.5 Å². The Hall–Kier alpha value is -3.36. The van der Waals surface area contributed by atoms with Crippen molar-refractivity contribution in [1.82, 2.24) is 18.7 Å². The first-order chi connectivity index (χ1) is 14.8. The average molecular weight is 425 g/mol. The number of carbonyl (C=O) groups is 1. The van der Waals surface area contributed by atoms with Crippen LogP contribution < -0.4 is 16.6 Å². The van der Waals surface area contributed by atoms with Gasteiger partial charge in [0, 0.05) is 20.1 Å². The van der Waals surface area contributed by atoms with Crippen molar-refractivity contribution in [2.45, 2.75) is 45.2 Å². The summed E-state index contributed by atoms with van der Waals surface area (Å²) in [4.78, 5) is 42.0. The maximum Gasteiger partial charge on any atom is 0.332 e. The smallest absolute Gasteiger partial charge is 0.332 e. The first-order valence-corrected chi connectivity index (χ1v) is 10.5. The zero-order valence-electron chi connectivity index (χ0n) is 18.0. The van der Waals surface area contributed by atoms with Crippen molar-refractivity contribution >= 4 is 23.1 Å². The molecule has 1 saturated carbocycles. The Labute approximate surface area is 179 Å². The van der Waals surface area contributed by atoms with Crippen molar-refractivity contribution in [2.24, 2.45) is 20.0 Å². The molecule has 0 amide bonds. The van der Waals surface area contributed by atoms with E-state index in [2.05, 4.69) is 10.3 Å². The van der Waals surface area contributed by atoms with Gasteiger partial charge in [-0.1, -0.05) is 36.2 Å². The lowest BCUT2D eigenvalue weighted by Crippen LogP contribution is -2.39. The molecule has 2 heterocycles. The molecule has 1 aliphatic carbocycles. The maximum atomic E-state index is 13.2. The molecule has 164 valence electrons. The highest BCUT2D eigenvalue weighted by atomic mass is 16.4. The maximum absolute atomic E-state index is 13.2. The van der Waals surface area contributed by atoms with Crippen molar-refractivity contribution in [3.63, 3.8) is 0 Å². The largest absolute Gasteiger partial charge is 0.481 e. The number of nitrogens with one attached hydrogen (secondary N) is 1. The lowest BCUT2D eigenvalue weighted by atomic mass is 9.86. The number of aromatic nitrogens is 4. The van der Waals surface area contributed by atoms with Gasteiger partial charge in [-0.3, -0.25) is 18.7 Å². The lowest BCUT2D eigenvalue weighted by molar-refractivity contribution is -0.142. The minimum Gasteiger partial charge on any atom is -0.481 e. The van der Waals surface area contributed by atoms with E-state index in [9.17, 15) is 19.5 Å². The number of aliphatic carboxylic acids is 1. The molecule has 2 atom stereocenters. The standard InChI is InChI=1S/C22H27N5O4/c1-13-7-9-14(10-8-13)12-27-19(28)17-18(26(3)22(27)31)24-21(25(17)2)23-16-6-4-5-15(11-16)20(29)30/h7-10,15-16H,4-6,11-12H2,1-3H3,(H,23,24)(H,29,30). The van der Waals surface area contributed by atoms with Crippen molar-refractivity contribution in [2.75, 3.05) is 5.32 Å². The third-order valence-corrected chi connectivity index (χ3v) is 6.18. The molecule has 31 heavy (non-hydrogen) atoms. The molecular formula is C22H27N5O4. The summed E-state index contributed by atoms with van der Waals surface area (Å²) in [5, 5.41) is 12.6. The average Bonchev–Trinajstić information content (AvgIpc) is 3.07. The minimum atomic E-state index is -0.780. The zero-order chi connectivity index (χ0) is 22.3. The van der Waals surface area contributed by atoms with E-state index < -0.39 is 17.2 Å². The predicted molar refractivity (Wildman–Crippen MR) is 118 cm³/mol. The van der Waals surface area contributed by atoms with Crippen LogP contribution in [0, 0.1) is 12.8 Å². The fourth-order valence-corrected chi connectivity index (χ4v) is 4.32. The number of fused-ring (bicyclic) bond motifs is 1. The molecular weight excluding hydrogens is 398 g/mol. The number of anilines is 1. The monoisotopic (exact) mass is 425 g/mol. The Bertz CT molecular complexity index is 1250. The highest BCUT2D eigenvalue weighted by Crippen LogP contribution is 2.27. The summed E-state index contributed by atoms with van der Waals surface area (Å²) in [7, 11) is 3.34. The number of rotatable bonds is 5. The summed E-state index contributed by atoms with van der Waals surface area (Å²) in [6, 6.07) is 7.67. The van der Waals surface area contributed by atoms with E-state index in [4.69, 9.17) is 0 Å². The Morgan fingerprint density at radius 3 is 2.55 bits per heavy atom. The van der Waals surface area contributed by atoms with Gasteiger partial charge in [0.2, 0.25) is 5.95 Å². The van der Waals surface area contributed by atoms with Gasteiger partial charge in [0.25, 0.3) is 5.56 Å². The molecule has 0 spiro atoms. The SMILES string of the molecule is Cc1ccc(Cn2c(=O)c3c(nc(NC4CCCC(C(=O)O)C4)n3C)n(C)c2=O)cc1. The van der Waals surface area contributed by atoms with E-state index in [1.807, 2.05) is 31.2 Å². The Morgan fingerprint density at radius 1 is 1.16 bits per heavy atom. The molecule has 0 aliphatic heterocycles. The number of aryl methyl sites for hydroxylation is 3. The second kappa shape index (κ2) is 8.05. The van der Waals surface area contributed by atoms with Gasteiger partial charge in [0.1, 0.15) is 0 Å². The fraction of sp³-hybridized carbons (Fsp3) is 0.455. The van der Waals surface area contributed by atoms with Crippen LogP contribution in [0.3, 0.4) is 0 Å². The molecule has 2 unspecified atom stereocenters. The molecule has 1 aromatic carbocycles. The highest BCUT2D eigenvalue weighted by Gasteiger charge is 2.28. The second-order valence-electron chi connectivity index (χ2n) is 8.43. The first kappa shape index (κ1) is 20.9. The van der Waals surface area contributed by atoms with Crippen molar-refractivity contribution in [3.8, 4) is 0 Å². The molecule has 4 rings (SSSR count). The van der Waals surface area contributed by atoms with Crippen LogP contribution in [0.4, 0.5) is 5.95 Å². The zero-order valence-corrected chi connectivity index (χ0v) is 18.0. The molecule has 9 heteroatoms. The highest BCUT2D eigenvalue weighted by molar-refractivity contribution is 5.74. The lowest BCUT2D eigenvalue weighted by Gasteiger charge is -2.27. The molecule has 3 aromatic rings. The van der Waals surface area contributed by atoms with Gasteiger partial charge in [0.05, 0.1) is 12.5 Å². The Balaban J connectivity index is 1.71. The van der Waals surface area contributed by atoms with E-state index in [1.54, 1.807) is 18.7 Å². The summed E-state index contributed by atoms with van der Waals surface area (Å²) in [6.07, 6.45) is 2.84. The van der Waals surface area contributed by atoms with Gasteiger partial charge < -0.3 is 15.0 Å². The van der Waals surface area contributed by atoms with Gasteiger partial charge in [-0.05, 0) is 31.7 Å². The summed E-state index contributed by atoms with van der Waals surface area (Å²) in [5.74, 6) is -0.693. The number of hydrogen-bond donors (Lipinski definition) is 2. The van der Waals surface area contributed by atoms with E-state index in [0.29, 0.717) is 30.0 Å². The molecule has 9 nitrogen and oxygen atoms in total. The Kier molecular flexibility index (Phi) is 5.43. The van der Waals surface area contributed by atoms with Crippen LogP contribution in [-0.2, 0) is 25.4 Å². The van der Waals surface area contributed by atoms with Crippen LogP contribution >= 0.6 is 0 Å². The second-order valence-corrected chi connectivity index (χ2v) is 8.43. The van der Waals surface area contributed by atoms with Crippen molar-refractivity contribution < 1.29 is 9.90 Å². The first-order valence-electron chi connectivity index (χ1n) is 10.5. The van der Waals surface area contributed by atoms with Crippen LogP contribution in [0.15, 0.2) is 33.9 Å². The minimum absolute atomic E-state index is 0.0443. The van der Waals surface area contributed by atoms with Gasteiger partial charge in [-0.15, -0.1) is 0 Å². The Morgan fingerprint density at radius 2 is 1.87 bits per heavy atom. The molecule has 2 aromatic heterocycles. The van der Waals surface area contributed by atoms with Crippen LogP contribution in [0.1, 0.15) is 36.8 Å². The molecule has 1 fully saturated rings. The van der Waals surface area contributed by atoms with Crippen LogP contribution in [0.2, 0.25) is 0 Å². The summed E-state index contributed by atoms with van der Waals surface area (Å²) in [5.41, 5.74) is 1.80. The number of benzene rings is 1. The summed E-state index contributed by atoms with van der Waals surface area (Å²) < 4.78 is 4.27. The van der Waals surface area contributed by atoms with Crippen molar-refractivity contribution in [3.05, 3.63) is 56.2 Å². The third kappa shape index (κ3) is 3.87. The number of carboxylic acids is 1. The van der Waals surface area contributed by atoms with Gasteiger partial charge in [-0.2, -0.15) is 4.98 Å². The number of hydrogen-bond acceptors (Lipinski definition) is 5. The molecule has 0 bridgehead atoms.